The second-order valence-electron chi connectivity index (χ2n) is 3.31. The number of nitrogens with zero attached hydrogens (tertiary/aromatic N) is 1. The highest BCUT2D eigenvalue weighted by Gasteiger charge is 2.01. The quantitative estimate of drug-likeness (QED) is 0.658. The second-order valence-corrected chi connectivity index (χ2v) is 3.31. The summed E-state index contributed by atoms with van der Waals surface area (Å²) in [6, 6.07) is 0. The van der Waals surface area contributed by atoms with Gasteiger partial charge in [-0.2, -0.15) is 0 Å². The molecule has 0 unspecified atom stereocenters. The van der Waals surface area contributed by atoms with Crippen LogP contribution in [0, 0.1) is 0 Å². The first-order valence-corrected chi connectivity index (χ1v) is 5.22. The van der Waals surface area contributed by atoms with Crippen molar-refractivity contribution in [2.75, 3.05) is 13.1 Å². The van der Waals surface area contributed by atoms with Crippen molar-refractivity contribution in [1.29, 1.82) is 0 Å². The Kier molecular flexibility index (Phi) is 4.30. The van der Waals surface area contributed by atoms with Crippen molar-refractivity contribution in [2.45, 2.75) is 26.8 Å². The molecule has 15 heavy (non-hydrogen) atoms. The van der Waals surface area contributed by atoms with Crippen LogP contribution >= 0.6 is 0 Å². The van der Waals surface area contributed by atoms with Gasteiger partial charge in [0, 0.05) is 24.8 Å². The fourth-order valence-corrected chi connectivity index (χ4v) is 1.35. The van der Waals surface area contributed by atoms with Crippen molar-refractivity contribution >= 4 is 0 Å². The number of aromatic amines is 1. The van der Waals surface area contributed by atoms with E-state index >= 15 is 0 Å². The predicted octanol–water partition coefficient (Wildman–Crippen LogP) is -0.291. The monoisotopic (exact) mass is 211 g/mol. The zero-order chi connectivity index (χ0) is 11.3. The Morgan fingerprint density at radius 1 is 1.40 bits per heavy atom. The Bertz CT molecular complexity index is 419. The van der Waals surface area contributed by atoms with Gasteiger partial charge >= 0.3 is 5.69 Å². The molecule has 0 aliphatic rings. The Morgan fingerprint density at radius 2 is 2.13 bits per heavy atom. The van der Waals surface area contributed by atoms with Crippen molar-refractivity contribution in [3.05, 3.63) is 32.6 Å². The van der Waals surface area contributed by atoms with Gasteiger partial charge in [-0.3, -0.25) is 14.3 Å². The van der Waals surface area contributed by atoms with E-state index in [2.05, 4.69) is 10.3 Å². The number of nitrogens with one attached hydrogen (secondary N) is 2. The summed E-state index contributed by atoms with van der Waals surface area (Å²) in [6.45, 7) is 6.08. The van der Waals surface area contributed by atoms with Crippen molar-refractivity contribution in [2.24, 2.45) is 0 Å². The first kappa shape index (κ1) is 11.7. The summed E-state index contributed by atoms with van der Waals surface area (Å²) in [6.07, 6.45) is 2.27. The van der Waals surface area contributed by atoms with E-state index in [0.29, 0.717) is 18.5 Å². The lowest BCUT2D eigenvalue weighted by Crippen LogP contribution is -2.34. The molecule has 0 atom stereocenters. The number of H-pyrrole nitrogens is 1. The van der Waals surface area contributed by atoms with Crippen molar-refractivity contribution in [3.63, 3.8) is 0 Å². The highest BCUT2D eigenvalue weighted by atomic mass is 16.2. The summed E-state index contributed by atoms with van der Waals surface area (Å²) in [7, 11) is 0. The molecule has 0 amide bonds. The normalized spacial score (nSPS) is 10.5. The molecule has 0 aliphatic heterocycles. The molecular formula is C10H17N3O2. The highest BCUT2D eigenvalue weighted by molar-refractivity contribution is 5.03. The van der Waals surface area contributed by atoms with Crippen LogP contribution in [-0.4, -0.2) is 22.6 Å². The number of hydrogen-bond donors (Lipinski definition) is 2. The Morgan fingerprint density at radius 3 is 2.73 bits per heavy atom. The van der Waals surface area contributed by atoms with Gasteiger partial charge in [-0.1, -0.05) is 13.8 Å². The van der Waals surface area contributed by atoms with Gasteiger partial charge in [0.25, 0.3) is 5.56 Å². The average Bonchev–Trinajstić information content (AvgIpc) is 2.21. The molecular weight excluding hydrogens is 194 g/mol. The van der Waals surface area contributed by atoms with E-state index in [0.717, 1.165) is 13.1 Å². The maximum absolute atomic E-state index is 11.4. The summed E-state index contributed by atoms with van der Waals surface area (Å²) in [5.74, 6) is 0. The van der Waals surface area contributed by atoms with E-state index in [1.807, 2.05) is 13.8 Å². The van der Waals surface area contributed by atoms with Crippen LogP contribution in [0.2, 0.25) is 0 Å². The van der Waals surface area contributed by atoms with Crippen LogP contribution in [0.15, 0.2) is 15.8 Å². The number of aryl methyl sites for hydroxylation is 1. The molecule has 5 nitrogen and oxygen atoms in total. The van der Waals surface area contributed by atoms with Gasteiger partial charge in [0.2, 0.25) is 0 Å². The Hall–Kier alpha value is -1.36. The molecule has 0 aliphatic carbocycles. The standard InChI is InChI=1S/C10H17N3O2/c1-3-8-7-13(6-5-11-4-2)10(15)12-9(8)14/h7,11H,3-6H2,1-2H3,(H,12,14,15). The van der Waals surface area contributed by atoms with Crippen LogP contribution in [0.1, 0.15) is 19.4 Å². The fraction of sp³-hybridized carbons (Fsp3) is 0.600. The molecule has 0 bridgehead atoms. The van der Waals surface area contributed by atoms with E-state index in [-0.39, 0.29) is 11.2 Å². The number of hydrogen-bond acceptors (Lipinski definition) is 3. The van der Waals surface area contributed by atoms with E-state index in [4.69, 9.17) is 0 Å². The zero-order valence-electron chi connectivity index (χ0n) is 9.17. The molecule has 0 radical (unpaired) electrons. The molecule has 0 saturated carbocycles. The minimum absolute atomic E-state index is 0.276. The third kappa shape index (κ3) is 3.06. The summed E-state index contributed by atoms with van der Waals surface area (Å²) in [4.78, 5) is 25.0. The van der Waals surface area contributed by atoms with Gasteiger partial charge in [-0.15, -0.1) is 0 Å². The average molecular weight is 211 g/mol. The van der Waals surface area contributed by atoms with Crippen LogP contribution in [-0.2, 0) is 13.0 Å². The van der Waals surface area contributed by atoms with Gasteiger partial charge in [-0.05, 0) is 13.0 Å². The van der Waals surface area contributed by atoms with Crippen LogP contribution in [0.25, 0.3) is 0 Å². The van der Waals surface area contributed by atoms with E-state index in [1.54, 1.807) is 6.20 Å². The van der Waals surface area contributed by atoms with E-state index in [1.165, 1.54) is 4.57 Å². The smallest absolute Gasteiger partial charge is 0.315 e. The lowest BCUT2D eigenvalue weighted by atomic mass is 10.3. The predicted molar refractivity (Wildman–Crippen MR) is 59.2 cm³/mol. The molecule has 0 aromatic carbocycles. The van der Waals surface area contributed by atoms with Gasteiger partial charge in [0.1, 0.15) is 0 Å². The van der Waals surface area contributed by atoms with Gasteiger partial charge < -0.3 is 5.32 Å². The van der Waals surface area contributed by atoms with E-state index < -0.39 is 0 Å². The van der Waals surface area contributed by atoms with Crippen molar-refractivity contribution in [3.8, 4) is 0 Å². The van der Waals surface area contributed by atoms with Crippen LogP contribution in [0.4, 0.5) is 0 Å². The second kappa shape index (κ2) is 5.50. The number of likely N-dealkylation sites (N-methyl/N-ethyl adjacent to an activating group) is 1. The fourth-order valence-electron chi connectivity index (χ4n) is 1.35. The minimum atomic E-state index is -0.338. The molecule has 1 aromatic rings. The van der Waals surface area contributed by atoms with Crippen LogP contribution in [0.3, 0.4) is 0 Å². The Balaban J connectivity index is 2.88. The first-order chi connectivity index (χ1) is 7.19. The number of aromatic nitrogens is 2. The van der Waals surface area contributed by atoms with Crippen LogP contribution in [0.5, 0.6) is 0 Å². The third-order valence-corrected chi connectivity index (χ3v) is 2.25. The van der Waals surface area contributed by atoms with Gasteiger partial charge in [0.15, 0.2) is 0 Å². The summed E-state index contributed by atoms with van der Waals surface area (Å²) >= 11 is 0. The zero-order valence-corrected chi connectivity index (χ0v) is 9.17. The summed E-state index contributed by atoms with van der Waals surface area (Å²) in [5, 5.41) is 3.12. The summed E-state index contributed by atoms with van der Waals surface area (Å²) in [5.41, 5.74) is 0.0309. The highest BCUT2D eigenvalue weighted by Crippen LogP contribution is 1.88. The topological polar surface area (TPSA) is 66.9 Å². The third-order valence-electron chi connectivity index (χ3n) is 2.25. The molecule has 1 aromatic heterocycles. The molecule has 84 valence electrons. The molecule has 1 heterocycles. The van der Waals surface area contributed by atoms with Crippen molar-refractivity contribution in [1.82, 2.24) is 14.9 Å². The molecule has 5 heteroatoms. The molecule has 0 fully saturated rings. The maximum Gasteiger partial charge on any atom is 0.328 e. The lowest BCUT2D eigenvalue weighted by Gasteiger charge is -2.06. The number of rotatable bonds is 5. The summed E-state index contributed by atoms with van der Waals surface area (Å²) < 4.78 is 1.53. The molecule has 2 N–H and O–H groups in total. The molecule has 1 rings (SSSR count). The first-order valence-electron chi connectivity index (χ1n) is 5.22. The van der Waals surface area contributed by atoms with Gasteiger partial charge in [-0.25, -0.2) is 4.79 Å². The maximum atomic E-state index is 11.4. The Labute approximate surface area is 88.1 Å². The lowest BCUT2D eigenvalue weighted by molar-refractivity contribution is 0.582. The van der Waals surface area contributed by atoms with Gasteiger partial charge in [0.05, 0.1) is 0 Å². The molecule has 0 spiro atoms. The van der Waals surface area contributed by atoms with Crippen LogP contribution < -0.4 is 16.6 Å². The largest absolute Gasteiger partial charge is 0.328 e. The minimum Gasteiger partial charge on any atom is -0.315 e. The van der Waals surface area contributed by atoms with Crippen molar-refractivity contribution < 1.29 is 0 Å². The SMILES string of the molecule is CCNCCn1cc(CC)c(=O)[nH]c1=O. The molecule has 0 saturated heterocycles. The van der Waals surface area contributed by atoms with E-state index in [9.17, 15) is 9.59 Å².